The van der Waals surface area contributed by atoms with Crippen molar-refractivity contribution in [3.63, 3.8) is 0 Å². The number of carbonyl (C=O) groups excluding carboxylic acids is 10. The molecule has 1 saturated heterocycles. The number of fused-ring (bicyclic) bond motifs is 1. The van der Waals surface area contributed by atoms with Crippen molar-refractivity contribution >= 4 is 81.9 Å². The first-order valence-corrected chi connectivity index (χ1v) is 25.3. The number of primary amides is 1. The Labute approximate surface area is 445 Å². The lowest BCUT2D eigenvalue weighted by Crippen LogP contribution is -2.60. The second-order valence-corrected chi connectivity index (χ2v) is 18.5. The second kappa shape index (κ2) is 31.2. The minimum absolute atomic E-state index is 0.0277. The van der Waals surface area contributed by atoms with Gasteiger partial charge in [0.2, 0.25) is 59.1 Å². The van der Waals surface area contributed by atoms with E-state index in [0.29, 0.717) is 11.1 Å². The Bertz CT molecular complexity index is 2600. The number of carbonyl (C=O) groups is 10. The summed E-state index contributed by atoms with van der Waals surface area (Å²) in [7, 11) is 0. The summed E-state index contributed by atoms with van der Waals surface area (Å²) in [6.45, 7) is 2.40. The number of para-hydroxylation sites is 1. The third-order valence-corrected chi connectivity index (χ3v) is 12.2. The SMILES string of the molecule is CC(=O)NCC[C@@H]1NC(=O)[C@@H](NC(=O)[C@H](CCCN=C(N)N)NC(C)=O)CCC(=O)NCCC[C@@H](C(N)=O)NC(=O)[C@H](Cc2c[nH]c3ccccc23)NC(=O)[C@H](CCCN=C(N)N)NC(=O)[C@@H](Cc2ccccc2)NC1=O. The van der Waals surface area contributed by atoms with Gasteiger partial charge in [-0.15, -0.1) is 0 Å². The number of H-pyrrole nitrogens is 1. The lowest BCUT2D eigenvalue weighted by molar-refractivity contribution is -0.136. The van der Waals surface area contributed by atoms with E-state index < -0.39 is 101 Å². The molecule has 1 aromatic heterocycles. The number of aromatic amines is 1. The summed E-state index contributed by atoms with van der Waals surface area (Å²) in [5, 5.41) is 24.6. The smallest absolute Gasteiger partial charge is 0.243 e. The van der Waals surface area contributed by atoms with E-state index in [4.69, 9.17) is 28.7 Å². The van der Waals surface area contributed by atoms with Crippen LogP contribution in [0.15, 0.2) is 70.8 Å². The van der Waals surface area contributed by atoms with Gasteiger partial charge in [-0.3, -0.25) is 57.9 Å². The number of aliphatic imine (C=N–C) groups is 2. The summed E-state index contributed by atoms with van der Waals surface area (Å²) < 4.78 is 0. The first-order chi connectivity index (χ1) is 36.7. The van der Waals surface area contributed by atoms with Crippen molar-refractivity contribution in [3.05, 3.63) is 71.9 Å². The average molecular weight is 1070 g/mol. The number of nitrogens with zero attached hydrogens (tertiary/aromatic N) is 2. The third kappa shape index (κ3) is 21.5. The van der Waals surface area contributed by atoms with E-state index in [9.17, 15) is 47.9 Å². The van der Waals surface area contributed by atoms with E-state index in [1.54, 1.807) is 42.6 Å². The fourth-order valence-electron chi connectivity index (χ4n) is 8.33. The normalized spacial score (nSPS) is 20.8. The van der Waals surface area contributed by atoms with Gasteiger partial charge in [-0.2, -0.15) is 0 Å². The predicted molar refractivity (Wildman–Crippen MR) is 285 cm³/mol. The third-order valence-electron chi connectivity index (χ3n) is 12.2. The highest BCUT2D eigenvalue weighted by atomic mass is 16.2. The molecule has 1 fully saturated rings. The minimum atomic E-state index is -1.52. The molecule has 20 N–H and O–H groups in total. The van der Waals surface area contributed by atoms with Crippen molar-refractivity contribution in [1.82, 2.24) is 52.8 Å². The van der Waals surface area contributed by atoms with Crippen molar-refractivity contribution in [3.8, 4) is 0 Å². The first kappa shape index (κ1) is 60.8. The van der Waals surface area contributed by atoms with Crippen LogP contribution in [0.1, 0.15) is 82.8 Å². The van der Waals surface area contributed by atoms with Gasteiger partial charge in [-0.1, -0.05) is 48.5 Å². The molecule has 3 aromatic rings. The highest BCUT2D eigenvalue weighted by Gasteiger charge is 2.35. The van der Waals surface area contributed by atoms with Crippen molar-refractivity contribution in [2.24, 2.45) is 38.7 Å². The van der Waals surface area contributed by atoms with Crippen molar-refractivity contribution in [2.45, 2.75) is 127 Å². The van der Waals surface area contributed by atoms with E-state index in [2.05, 4.69) is 62.8 Å². The monoisotopic (exact) mass is 1070 g/mol. The number of hydrogen-bond acceptors (Lipinski definition) is 12. The number of nitrogens with one attached hydrogen (secondary N) is 10. The van der Waals surface area contributed by atoms with Gasteiger partial charge in [0, 0.05) is 76.4 Å². The average Bonchev–Trinajstić information content (AvgIpc) is 3.79. The van der Waals surface area contributed by atoms with Crippen LogP contribution in [-0.4, -0.2) is 144 Å². The maximum atomic E-state index is 14.7. The van der Waals surface area contributed by atoms with E-state index in [-0.39, 0.29) is 109 Å². The summed E-state index contributed by atoms with van der Waals surface area (Å²) >= 11 is 0. The lowest BCUT2D eigenvalue weighted by atomic mass is 10.0. The zero-order valence-corrected chi connectivity index (χ0v) is 43.3. The molecule has 2 aromatic carbocycles. The minimum Gasteiger partial charge on any atom is -0.370 e. The zero-order valence-electron chi connectivity index (χ0n) is 43.3. The Kier molecular flexibility index (Phi) is 24.6. The Morgan fingerprint density at radius 2 is 1.25 bits per heavy atom. The van der Waals surface area contributed by atoms with Gasteiger partial charge in [-0.25, -0.2) is 0 Å². The van der Waals surface area contributed by atoms with Crippen molar-refractivity contribution in [1.29, 1.82) is 0 Å². The fraction of sp³-hybridized carbons (Fsp3) is 0.480. The molecule has 0 radical (unpaired) electrons. The van der Waals surface area contributed by atoms with Crippen LogP contribution >= 0.6 is 0 Å². The van der Waals surface area contributed by atoms with Crippen LogP contribution in [0.2, 0.25) is 0 Å². The highest BCUT2D eigenvalue weighted by molar-refractivity contribution is 5.98. The fourth-order valence-corrected chi connectivity index (χ4v) is 8.33. The molecule has 2 heterocycles. The van der Waals surface area contributed by atoms with E-state index in [1.807, 2.05) is 18.2 Å². The Balaban J connectivity index is 1.79. The molecule has 1 aliphatic rings. The van der Waals surface area contributed by atoms with E-state index in [1.165, 1.54) is 13.8 Å². The van der Waals surface area contributed by atoms with Crippen LogP contribution in [0, 0.1) is 0 Å². The molecule has 0 unspecified atom stereocenters. The number of guanidine groups is 2. The number of amides is 10. The van der Waals surface area contributed by atoms with Gasteiger partial charge in [-0.05, 0) is 68.6 Å². The summed E-state index contributed by atoms with van der Waals surface area (Å²) in [5.41, 5.74) is 29.8. The molecule has 418 valence electrons. The van der Waals surface area contributed by atoms with Crippen LogP contribution in [0.25, 0.3) is 10.9 Å². The molecule has 7 atom stereocenters. The number of hydrogen-bond donors (Lipinski definition) is 15. The van der Waals surface area contributed by atoms with Gasteiger partial charge in [0.05, 0.1) is 0 Å². The van der Waals surface area contributed by atoms with Crippen LogP contribution in [0.4, 0.5) is 0 Å². The summed E-state index contributed by atoms with van der Waals surface area (Å²) in [6, 6.07) is 6.13. The maximum Gasteiger partial charge on any atom is 0.243 e. The maximum absolute atomic E-state index is 14.7. The zero-order chi connectivity index (χ0) is 56.4. The standard InChI is InChI=1S/C50H73N17O10/c1-28(68)56-24-20-38-46(75)66-39(25-30-11-4-3-5-12-30)47(76)63-36(17-10-23-59-50(54)55)44(73)67-40(26-31-27-60-33-14-7-6-13-32(31)33)48(77)62-34(42(51)71)15-8-21-57-41(70)19-18-37(45(74)65-38)64-43(72)35(61-29(2)69)16-9-22-58-49(52)53/h3-7,11-14,27,34-40,60H,8-10,15-26H2,1-2H3,(H2,51,71)(H,56,68)(H,57,70)(H,61,69)(H,62,77)(H,63,76)(H,64,72)(H,65,74)(H,66,75)(H,67,73)(H4,52,53,58)(H4,54,55,59)/t34-,35-,36-,37-,38-,39+,40-/m0/s1. The second-order valence-electron chi connectivity index (χ2n) is 18.5. The van der Waals surface area contributed by atoms with Gasteiger partial charge in [0.25, 0.3) is 0 Å². The molecule has 0 bridgehead atoms. The largest absolute Gasteiger partial charge is 0.370 e. The molecule has 77 heavy (non-hydrogen) atoms. The molecule has 10 amide bonds. The summed E-state index contributed by atoms with van der Waals surface area (Å²) in [4.78, 5) is 148. The van der Waals surface area contributed by atoms with E-state index >= 15 is 0 Å². The Morgan fingerprint density at radius 3 is 1.90 bits per heavy atom. The Hall–Kier alpha value is -8.78. The molecule has 0 spiro atoms. The van der Waals surface area contributed by atoms with Crippen LogP contribution in [0.5, 0.6) is 0 Å². The number of rotatable bonds is 19. The molecule has 27 nitrogen and oxygen atoms in total. The Morgan fingerprint density at radius 1 is 0.662 bits per heavy atom. The molecule has 1 aliphatic heterocycles. The van der Waals surface area contributed by atoms with Crippen LogP contribution in [0.3, 0.4) is 0 Å². The van der Waals surface area contributed by atoms with Gasteiger partial charge >= 0.3 is 0 Å². The highest BCUT2D eigenvalue weighted by Crippen LogP contribution is 2.20. The molecular weight excluding hydrogens is 999 g/mol. The quantitative estimate of drug-likeness (QED) is 0.0311. The van der Waals surface area contributed by atoms with E-state index in [0.717, 1.165) is 10.9 Å². The molecular formula is C50H73N17O10. The first-order valence-electron chi connectivity index (χ1n) is 25.3. The van der Waals surface area contributed by atoms with Gasteiger partial charge < -0.3 is 81.5 Å². The summed E-state index contributed by atoms with van der Waals surface area (Å²) in [6.07, 6.45) is 0.863. The van der Waals surface area contributed by atoms with Crippen LogP contribution in [-0.2, 0) is 60.8 Å². The van der Waals surface area contributed by atoms with Crippen molar-refractivity contribution < 1.29 is 47.9 Å². The number of aromatic nitrogens is 1. The van der Waals surface area contributed by atoms with Gasteiger partial charge in [0.1, 0.15) is 42.3 Å². The number of benzene rings is 2. The lowest BCUT2D eigenvalue weighted by Gasteiger charge is -2.28. The molecule has 0 saturated carbocycles. The molecule has 27 heteroatoms. The summed E-state index contributed by atoms with van der Waals surface area (Å²) in [5.74, 6) is -8.08. The molecule has 0 aliphatic carbocycles. The van der Waals surface area contributed by atoms with Gasteiger partial charge in [0.15, 0.2) is 11.9 Å². The molecule has 4 rings (SSSR count). The topological polar surface area (TPSA) is 450 Å². The van der Waals surface area contributed by atoms with Crippen molar-refractivity contribution in [2.75, 3.05) is 26.2 Å². The predicted octanol–water partition coefficient (Wildman–Crippen LogP) is -3.82. The number of nitrogens with two attached hydrogens (primary N) is 5. The van der Waals surface area contributed by atoms with Crippen LogP contribution < -0.4 is 76.5 Å².